The van der Waals surface area contributed by atoms with Gasteiger partial charge in [0.15, 0.2) is 0 Å². The summed E-state index contributed by atoms with van der Waals surface area (Å²) in [5.41, 5.74) is -0.358. The van der Waals surface area contributed by atoms with E-state index in [1.54, 1.807) is 20.8 Å². The van der Waals surface area contributed by atoms with Crippen LogP contribution >= 0.6 is 0 Å². The Morgan fingerprint density at radius 2 is 1.33 bits per heavy atom. The molecule has 1 heterocycles. The van der Waals surface area contributed by atoms with Crippen molar-refractivity contribution in [2.24, 2.45) is 10.9 Å². The average molecular weight is 646 g/mol. The Bertz CT molecular complexity index is 1290. The van der Waals surface area contributed by atoms with Gasteiger partial charge in [-0.25, -0.2) is 4.79 Å². The molecule has 12 nitrogen and oxygen atoms in total. The Morgan fingerprint density at radius 1 is 0.804 bits per heavy atom. The van der Waals surface area contributed by atoms with Crippen LogP contribution in [0.5, 0.6) is 5.75 Å². The lowest BCUT2D eigenvalue weighted by Crippen LogP contribution is -2.37. The van der Waals surface area contributed by atoms with Crippen molar-refractivity contribution in [3.8, 4) is 5.75 Å². The van der Waals surface area contributed by atoms with Gasteiger partial charge >= 0.3 is 17.6 Å². The van der Waals surface area contributed by atoms with Gasteiger partial charge in [0.2, 0.25) is 5.75 Å². The minimum Gasteiger partial charge on any atom is -0.487 e. The first-order valence-electron chi connectivity index (χ1n) is 16.6. The molecule has 12 heteroatoms. The second-order valence-electron chi connectivity index (χ2n) is 11.8. The fourth-order valence-electron chi connectivity index (χ4n) is 6.36. The van der Waals surface area contributed by atoms with E-state index in [4.69, 9.17) is 14.2 Å². The van der Waals surface area contributed by atoms with E-state index >= 15 is 0 Å². The molecule has 1 aliphatic heterocycles. The van der Waals surface area contributed by atoms with Gasteiger partial charge < -0.3 is 14.2 Å². The first-order chi connectivity index (χ1) is 22.0. The molecule has 2 atom stereocenters. The van der Waals surface area contributed by atoms with E-state index in [9.17, 15) is 29.8 Å². The number of allylic oxidation sites excluding steroid dienone is 1. The second kappa shape index (κ2) is 19.6. The fraction of sp³-hybridized carbons (Fsp3) is 0.676. The molecule has 1 aromatic carbocycles. The summed E-state index contributed by atoms with van der Waals surface area (Å²) in [7, 11) is 2.36. The topological polar surface area (TPSA) is 160 Å². The van der Waals surface area contributed by atoms with Gasteiger partial charge in [-0.3, -0.25) is 30.0 Å². The van der Waals surface area contributed by atoms with Crippen LogP contribution in [0, 0.1) is 26.1 Å². The molecule has 0 spiro atoms. The summed E-state index contributed by atoms with van der Waals surface area (Å²) < 4.78 is 16.0. The quantitative estimate of drug-likeness (QED) is 0.0554. The molecule has 0 N–H and O–H groups in total. The third-order valence-corrected chi connectivity index (χ3v) is 8.60. The predicted octanol–water partition coefficient (Wildman–Crippen LogP) is 8.33. The highest BCUT2D eigenvalue weighted by Gasteiger charge is 2.47. The zero-order chi connectivity index (χ0) is 34.2. The molecule has 0 saturated heterocycles. The third-order valence-electron chi connectivity index (χ3n) is 8.60. The van der Waals surface area contributed by atoms with Crippen molar-refractivity contribution in [3.05, 3.63) is 48.7 Å². The number of carbonyl (C=O) groups excluding carboxylic acids is 2. The van der Waals surface area contributed by atoms with Crippen LogP contribution in [0.15, 0.2) is 22.3 Å². The van der Waals surface area contributed by atoms with Crippen LogP contribution in [-0.4, -0.2) is 48.3 Å². The monoisotopic (exact) mass is 645 g/mol. The number of unbranched alkanes of at least 4 members (excludes halogenated alkanes) is 12. The van der Waals surface area contributed by atoms with E-state index in [1.165, 1.54) is 65.6 Å². The number of nitrogens with zero attached hydrogens (tertiary/aromatic N) is 3. The number of carbonyl (C=O) groups is 2. The van der Waals surface area contributed by atoms with E-state index in [0.717, 1.165) is 31.7 Å². The zero-order valence-corrected chi connectivity index (χ0v) is 28.4. The summed E-state index contributed by atoms with van der Waals surface area (Å²) in [6, 6.07) is 0.914. The first-order valence-corrected chi connectivity index (χ1v) is 16.6. The molecule has 0 bridgehead atoms. The molecule has 2 rings (SSSR count). The summed E-state index contributed by atoms with van der Waals surface area (Å²) in [6.45, 7) is 7.01. The van der Waals surface area contributed by atoms with Gasteiger partial charge in [0.1, 0.15) is 5.92 Å². The number of hydrogen-bond donors (Lipinski definition) is 0. The lowest BCUT2D eigenvalue weighted by Gasteiger charge is -2.33. The van der Waals surface area contributed by atoms with Crippen LogP contribution in [0.25, 0.3) is 0 Å². The van der Waals surface area contributed by atoms with E-state index in [-0.39, 0.29) is 41.2 Å². The van der Waals surface area contributed by atoms with Gasteiger partial charge in [-0.05, 0) is 33.6 Å². The number of methoxy groups -OCH3 is 2. The van der Waals surface area contributed by atoms with Gasteiger partial charge in [0.05, 0.1) is 42.3 Å². The number of aliphatic imine (C=N–C) groups is 1. The third kappa shape index (κ3) is 10.1. The lowest BCUT2D eigenvalue weighted by atomic mass is 9.73. The fourth-order valence-corrected chi connectivity index (χ4v) is 6.36. The standard InChI is InChI=1S/C34H51N3O9/c1-7-9-10-11-12-13-14-15-16-17-18-19-20-21-25-26(36(40)41)22-27(37(42)43)32(46-8-2)30(25)31-28(33(38)44-5)23(3)35-24(4)29(31)34(39)45-6/h22,28,31H,7-21H2,1-6H3. The Kier molecular flexibility index (Phi) is 16.4. The van der Waals surface area contributed by atoms with Crippen molar-refractivity contribution in [1.29, 1.82) is 0 Å². The van der Waals surface area contributed by atoms with Crippen molar-refractivity contribution >= 4 is 29.0 Å². The molecule has 0 amide bonds. The number of hydrogen-bond acceptors (Lipinski definition) is 10. The van der Waals surface area contributed by atoms with Gasteiger partial charge in [0, 0.05) is 28.5 Å². The molecule has 0 radical (unpaired) electrons. The van der Waals surface area contributed by atoms with Crippen LogP contribution in [-0.2, 0) is 25.5 Å². The van der Waals surface area contributed by atoms with Gasteiger partial charge in [0.25, 0.3) is 5.69 Å². The summed E-state index contributed by atoms with van der Waals surface area (Å²) in [6.07, 6.45) is 14.8. The maximum Gasteiger partial charge on any atom is 0.336 e. The van der Waals surface area contributed by atoms with Gasteiger partial charge in [-0.2, -0.15) is 0 Å². The van der Waals surface area contributed by atoms with E-state index in [0.29, 0.717) is 12.1 Å². The molecule has 0 aliphatic carbocycles. The van der Waals surface area contributed by atoms with Crippen LogP contribution in [0.4, 0.5) is 11.4 Å². The first kappa shape index (κ1) is 38.4. The highest BCUT2D eigenvalue weighted by atomic mass is 16.6. The van der Waals surface area contributed by atoms with Crippen LogP contribution in [0.3, 0.4) is 0 Å². The number of benzene rings is 1. The molecule has 256 valence electrons. The van der Waals surface area contributed by atoms with E-state index in [1.807, 2.05) is 0 Å². The Morgan fingerprint density at radius 3 is 1.78 bits per heavy atom. The minimum absolute atomic E-state index is 0.00275. The van der Waals surface area contributed by atoms with Crippen molar-refractivity contribution in [3.63, 3.8) is 0 Å². The molecule has 2 unspecified atom stereocenters. The van der Waals surface area contributed by atoms with Gasteiger partial charge in [-0.15, -0.1) is 0 Å². The molecule has 46 heavy (non-hydrogen) atoms. The van der Waals surface area contributed by atoms with Crippen molar-refractivity contribution < 1.29 is 33.6 Å². The molecule has 0 saturated carbocycles. The summed E-state index contributed by atoms with van der Waals surface area (Å²) in [5.74, 6) is -4.20. The van der Waals surface area contributed by atoms with Crippen LogP contribution < -0.4 is 4.74 Å². The number of esters is 2. The summed E-state index contributed by atoms with van der Waals surface area (Å²) in [4.78, 5) is 54.1. The predicted molar refractivity (Wildman–Crippen MR) is 176 cm³/mol. The average Bonchev–Trinajstić information content (AvgIpc) is 3.02. The number of ether oxygens (including phenoxy) is 3. The minimum atomic E-state index is -1.23. The summed E-state index contributed by atoms with van der Waals surface area (Å²) >= 11 is 0. The summed E-state index contributed by atoms with van der Waals surface area (Å²) in [5, 5.41) is 24.7. The Balaban J connectivity index is 2.48. The SMILES string of the molecule is CCCCCCCCCCCCCCCc1c([N+](=O)[O-])cc([N+](=O)[O-])c(OCC)c1C1C(C(=O)OC)=C(C)N=C(C)C1C(=O)OC. The van der Waals surface area contributed by atoms with Crippen molar-refractivity contribution in [2.75, 3.05) is 20.8 Å². The maximum absolute atomic E-state index is 13.2. The second-order valence-corrected chi connectivity index (χ2v) is 11.8. The Hall–Kier alpha value is -3.83. The Labute approximate surface area is 272 Å². The normalized spacial score (nSPS) is 16.2. The zero-order valence-electron chi connectivity index (χ0n) is 28.4. The van der Waals surface area contributed by atoms with Gasteiger partial charge in [-0.1, -0.05) is 84.0 Å². The van der Waals surface area contributed by atoms with Crippen molar-refractivity contribution in [1.82, 2.24) is 0 Å². The van der Waals surface area contributed by atoms with Crippen LogP contribution in [0.2, 0.25) is 0 Å². The molecule has 1 aromatic rings. The molecule has 0 aromatic heterocycles. The lowest BCUT2D eigenvalue weighted by molar-refractivity contribution is -0.395. The van der Waals surface area contributed by atoms with E-state index < -0.39 is 45.0 Å². The molecular formula is C34H51N3O9. The molecule has 1 aliphatic rings. The smallest absolute Gasteiger partial charge is 0.336 e. The highest BCUT2D eigenvalue weighted by Crippen LogP contribution is 2.50. The van der Waals surface area contributed by atoms with Crippen molar-refractivity contribution in [2.45, 2.75) is 124 Å². The highest BCUT2D eigenvalue weighted by molar-refractivity contribution is 6.07. The number of rotatable bonds is 21. The largest absolute Gasteiger partial charge is 0.487 e. The number of nitro benzene ring substituents is 2. The molecular weight excluding hydrogens is 594 g/mol. The van der Waals surface area contributed by atoms with E-state index in [2.05, 4.69) is 11.9 Å². The number of nitro groups is 2. The maximum atomic E-state index is 13.2. The molecule has 0 fully saturated rings. The van der Waals surface area contributed by atoms with Crippen LogP contribution in [0.1, 0.15) is 128 Å².